The van der Waals surface area contributed by atoms with Crippen LogP contribution in [0.4, 0.5) is 4.39 Å². The van der Waals surface area contributed by atoms with Gasteiger partial charge in [0.2, 0.25) is 10.0 Å². The molecule has 1 aliphatic heterocycles. The molecule has 8 heteroatoms. The minimum absolute atomic E-state index is 0.123. The lowest BCUT2D eigenvalue weighted by Crippen LogP contribution is -2.48. The molecule has 0 amide bonds. The molecule has 1 saturated heterocycles. The van der Waals surface area contributed by atoms with Gasteiger partial charge in [-0.2, -0.15) is 0 Å². The smallest absolute Gasteiger partial charge is 0.244 e. The Hall–Kier alpha value is -1.22. The fourth-order valence-corrected chi connectivity index (χ4v) is 4.03. The molecule has 2 unspecified atom stereocenters. The molecule has 0 bridgehead atoms. The van der Waals surface area contributed by atoms with Gasteiger partial charge in [0.1, 0.15) is 23.1 Å². The average Bonchev–Trinajstić information content (AvgIpc) is 2.51. The maximum absolute atomic E-state index is 13.5. The van der Waals surface area contributed by atoms with Crippen LogP contribution in [0.15, 0.2) is 23.1 Å². The summed E-state index contributed by atoms with van der Waals surface area (Å²) in [5.41, 5.74) is 0. The van der Waals surface area contributed by atoms with Crippen LogP contribution in [0.25, 0.3) is 0 Å². The molecule has 23 heavy (non-hydrogen) atoms. The van der Waals surface area contributed by atoms with Crippen molar-refractivity contribution in [3.8, 4) is 5.75 Å². The predicted molar refractivity (Wildman–Crippen MR) is 84.5 cm³/mol. The predicted octanol–water partition coefficient (Wildman–Crippen LogP) is 1.13. The van der Waals surface area contributed by atoms with E-state index in [9.17, 15) is 12.8 Å². The van der Waals surface area contributed by atoms with Crippen LogP contribution < -0.4 is 14.8 Å². The van der Waals surface area contributed by atoms with Crippen molar-refractivity contribution in [2.45, 2.75) is 24.3 Å². The lowest BCUT2D eigenvalue weighted by molar-refractivity contribution is 0.144. The Morgan fingerprint density at radius 2 is 2.17 bits per heavy atom. The largest absolute Gasteiger partial charge is 0.490 e. The van der Waals surface area contributed by atoms with Crippen molar-refractivity contribution in [2.75, 3.05) is 33.4 Å². The Morgan fingerprint density at radius 1 is 1.39 bits per heavy atom. The van der Waals surface area contributed by atoms with Crippen molar-refractivity contribution in [1.29, 1.82) is 0 Å². The second kappa shape index (κ2) is 8.05. The SMILES string of the molecule is COCCOc1ccc(F)cc1S(=O)(=O)NC1CCNCC1C. The zero-order valence-corrected chi connectivity index (χ0v) is 14.2. The third kappa shape index (κ3) is 4.87. The van der Waals surface area contributed by atoms with E-state index in [0.717, 1.165) is 19.2 Å². The summed E-state index contributed by atoms with van der Waals surface area (Å²) in [5, 5.41) is 3.21. The van der Waals surface area contributed by atoms with Gasteiger partial charge in [-0.1, -0.05) is 6.92 Å². The van der Waals surface area contributed by atoms with Crippen LogP contribution >= 0.6 is 0 Å². The molecule has 1 aliphatic rings. The van der Waals surface area contributed by atoms with Gasteiger partial charge < -0.3 is 14.8 Å². The molecule has 1 fully saturated rings. The highest BCUT2D eigenvalue weighted by Crippen LogP contribution is 2.26. The normalized spacial score (nSPS) is 22.0. The number of ether oxygens (including phenoxy) is 2. The molecular weight excluding hydrogens is 323 g/mol. The van der Waals surface area contributed by atoms with E-state index in [-0.39, 0.29) is 29.2 Å². The fraction of sp³-hybridized carbons (Fsp3) is 0.600. The van der Waals surface area contributed by atoms with Gasteiger partial charge in [-0.05, 0) is 43.6 Å². The van der Waals surface area contributed by atoms with Gasteiger partial charge in [-0.25, -0.2) is 17.5 Å². The summed E-state index contributed by atoms with van der Waals surface area (Å²) in [6.45, 7) is 3.97. The maximum atomic E-state index is 13.5. The summed E-state index contributed by atoms with van der Waals surface area (Å²) in [4.78, 5) is -0.181. The van der Waals surface area contributed by atoms with Crippen LogP contribution in [-0.4, -0.2) is 47.9 Å². The highest BCUT2D eigenvalue weighted by atomic mass is 32.2. The molecule has 1 heterocycles. The van der Waals surface area contributed by atoms with Crippen molar-refractivity contribution in [1.82, 2.24) is 10.0 Å². The summed E-state index contributed by atoms with van der Waals surface area (Å²) >= 11 is 0. The number of halogens is 1. The highest BCUT2D eigenvalue weighted by molar-refractivity contribution is 7.89. The first-order valence-corrected chi connectivity index (χ1v) is 9.06. The van der Waals surface area contributed by atoms with Crippen LogP contribution in [0.3, 0.4) is 0 Å². The summed E-state index contributed by atoms with van der Waals surface area (Å²) in [6.07, 6.45) is 0.690. The molecule has 0 radical (unpaired) electrons. The number of methoxy groups -OCH3 is 1. The number of nitrogens with one attached hydrogen (secondary N) is 2. The van der Waals surface area contributed by atoms with Crippen molar-refractivity contribution in [2.24, 2.45) is 5.92 Å². The quantitative estimate of drug-likeness (QED) is 0.724. The van der Waals surface area contributed by atoms with Crippen LogP contribution in [-0.2, 0) is 14.8 Å². The Morgan fingerprint density at radius 3 is 2.87 bits per heavy atom. The van der Waals surface area contributed by atoms with E-state index in [0.29, 0.717) is 13.0 Å². The number of piperidine rings is 1. The number of rotatable bonds is 7. The zero-order valence-electron chi connectivity index (χ0n) is 13.3. The summed E-state index contributed by atoms with van der Waals surface area (Å²) < 4.78 is 51.8. The zero-order chi connectivity index (χ0) is 16.9. The van der Waals surface area contributed by atoms with Gasteiger partial charge in [0.25, 0.3) is 0 Å². The molecule has 2 N–H and O–H groups in total. The van der Waals surface area contributed by atoms with Gasteiger partial charge in [0.05, 0.1) is 6.61 Å². The Kier molecular flexibility index (Phi) is 6.34. The van der Waals surface area contributed by atoms with Crippen LogP contribution in [0.1, 0.15) is 13.3 Å². The van der Waals surface area contributed by atoms with E-state index in [4.69, 9.17) is 9.47 Å². The van der Waals surface area contributed by atoms with Crippen molar-refractivity contribution in [3.05, 3.63) is 24.0 Å². The van der Waals surface area contributed by atoms with E-state index >= 15 is 0 Å². The lowest BCUT2D eigenvalue weighted by atomic mass is 9.97. The Balaban J connectivity index is 2.21. The van der Waals surface area contributed by atoms with Crippen molar-refractivity contribution < 1.29 is 22.3 Å². The minimum Gasteiger partial charge on any atom is -0.490 e. The fourth-order valence-electron chi connectivity index (χ4n) is 2.50. The Labute approximate surface area is 136 Å². The number of hydrogen-bond acceptors (Lipinski definition) is 5. The molecule has 130 valence electrons. The molecule has 1 aromatic carbocycles. The Bertz CT molecular complexity index is 624. The first-order chi connectivity index (χ1) is 10.9. The monoisotopic (exact) mass is 346 g/mol. The van der Waals surface area contributed by atoms with E-state index < -0.39 is 15.8 Å². The van der Waals surface area contributed by atoms with E-state index in [1.165, 1.54) is 19.2 Å². The molecule has 2 atom stereocenters. The van der Waals surface area contributed by atoms with E-state index in [2.05, 4.69) is 10.0 Å². The standard InChI is InChI=1S/C15H23FN2O4S/c1-11-10-17-6-5-13(11)18-23(19,20)15-9-12(16)3-4-14(15)22-8-7-21-2/h3-4,9,11,13,17-18H,5-8,10H2,1-2H3. The maximum Gasteiger partial charge on any atom is 0.244 e. The summed E-state index contributed by atoms with van der Waals surface area (Å²) in [7, 11) is -2.35. The number of sulfonamides is 1. The lowest BCUT2D eigenvalue weighted by Gasteiger charge is -2.30. The molecule has 2 rings (SSSR count). The first kappa shape index (κ1) is 18.1. The molecule has 0 spiro atoms. The third-order valence-electron chi connectivity index (χ3n) is 3.83. The minimum atomic E-state index is -3.87. The van der Waals surface area contributed by atoms with Crippen molar-refractivity contribution in [3.63, 3.8) is 0 Å². The third-order valence-corrected chi connectivity index (χ3v) is 5.34. The highest BCUT2D eigenvalue weighted by Gasteiger charge is 2.28. The topological polar surface area (TPSA) is 76.7 Å². The molecule has 0 aliphatic carbocycles. The second-order valence-corrected chi connectivity index (χ2v) is 7.31. The van der Waals surface area contributed by atoms with Gasteiger partial charge in [0, 0.05) is 13.2 Å². The number of benzene rings is 1. The summed E-state index contributed by atoms with van der Waals surface area (Å²) in [5.74, 6) is -0.342. The van der Waals surface area contributed by atoms with E-state index in [1.54, 1.807) is 0 Å². The van der Waals surface area contributed by atoms with Gasteiger partial charge >= 0.3 is 0 Å². The van der Waals surface area contributed by atoms with Gasteiger partial charge in [0.15, 0.2) is 0 Å². The van der Waals surface area contributed by atoms with Crippen LogP contribution in [0.2, 0.25) is 0 Å². The molecular formula is C15H23FN2O4S. The molecule has 1 aromatic rings. The second-order valence-electron chi connectivity index (χ2n) is 5.63. The molecule has 0 saturated carbocycles. The van der Waals surface area contributed by atoms with Crippen molar-refractivity contribution >= 4 is 10.0 Å². The van der Waals surface area contributed by atoms with E-state index in [1.807, 2.05) is 6.92 Å². The molecule has 6 nitrogen and oxygen atoms in total. The summed E-state index contributed by atoms with van der Waals surface area (Å²) in [6, 6.07) is 3.30. The average molecular weight is 346 g/mol. The van der Waals surface area contributed by atoms with Gasteiger partial charge in [-0.3, -0.25) is 0 Å². The van der Waals surface area contributed by atoms with Crippen LogP contribution in [0.5, 0.6) is 5.75 Å². The number of hydrogen-bond donors (Lipinski definition) is 2. The molecule has 0 aromatic heterocycles. The first-order valence-electron chi connectivity index (χ1n) is 7.58. The van der Waals surface area contributed by atoms with Gasteiger partial charge in [-0.15, -0.1) is 0 Å². The van der Waals surface area contributed by atoms with Crippen LogP contribution in [0, 0.1) is 11.7 Å².